The van der Waals surface area contributed by atoms with Crippen LogP contribution in [0.4, 0.5) is 4.39 Å². The van der Waals surface area contributed by atoms with Crippen molar-refractivity contribution in [1.82, 2.24) is 24.2 Å². The predicted molar refractivity (Wildman–Crippen MR) is 205 cm³/mol. The molecule has 0 aliphatic carbocycles. The third kappa shape index (κ3) is 8.28. The Balaban J connectivity index is 1.46. The van der Waals surface area contributed by atoms with Gasteiger partial charge in [0.1, 0.15) is 29.3 Å². The molecule has 0 radical (unpaired) electrons. The number of imidazole rings is 1. The van der Waals surface area contributed by atoms with Gasteiger partial charge in [0, 0.05) is 12.1 Å². The number of fused-ring (bicyclic) bond motifs is 1. The molecule has 0 amide bonds. The number of nitriles is 1. The molecule has 0 saturated carbocycles. The molecule has 3 heterocycles. The maximum Gasteiger partial charge on any atom is 0.278 e. The first-order valence-electron chi connectivity index (χ1n) is 18.1. The average molecular weight is 773 g/mol. The van der Waals surface area contributed by atoms with Gasteiger partial charge in [-0.25, -0.2) is 19.0 Å². The van der Waals surface area contributed by atoms with E-state index >= 15 is 4.39 Å². The second kappa shape index (κ2) is 17.8. The van der Waals surface area contributed by atoms with E-state index in [4.69, 9.17) is 28.0 Å². The molecule has 1 unspecified atom stereocenters. The van der Waals surface area contributed by atoms with Gasteiger partial charge in [-0.3, -0.25) is 9.36 Å². The van der Waals surface area contributed by atoms with Crippen molar-refractivity contribution in [2.24, 2.45) is 0 Å². The number of methoxy groups -OCH3 is 2. The van der Waals surface area contributed by atoms with E-state index in [-0.39, 0.29) is 42.9 Å². The number of halogens is 1. The van der Waals surface area contributed by atoms with Crippen molar-refractivity contribution in [1.29, 1.82) is 5.26 Å². The van der Waals surface area contributed by atoms with E-state index in [1.165, 1.54) is 17.2 Å². The lowest BCUT2D eigenvalue weighted by molar-refractivity contribution is -0.0919. The molecule has 6 rings (SSSR count). The Bertz CT molecular complexity index is 2040. The molecule has 290 valence electrons. The topological polar surface area (TPSA) is 146 Å². The van der Waals surface area contributed by atoms with E-state index in [9.17, 15) is 10.1 Å². The van der Waals surface area contributed by atoms with Crippen LogP contribution in [-0.4, -0.2) is 82.1 Å². The highest BCUT2D eigenvalue weighted by Crippen LogP contribution is 2.51. The van der Waals surface area contributed by atoms with Crippen molar-refractivity contribution in [2.45, 2.75) is 76.4 Å². The third-order valence-electron chi connectivity index (χ3n) is 9.42. The standard InChI is InChI=1S/C40H46FN6O7P/c1-26(2)47(27(3)4)55(52-22-10-21-42)54-36-33(53-39(34(36)41)46-25-45-35-37(46)43-24-44-38(35)48)23-51-40(28-11-8-7-9-12-28,29-13-17-31(49-5)18-14-29)30-15-19-32(50-6)20-16-30/h7-9,11-20,24-27,33-34,36,39H,10,22-23H2,1-6H3,(H,43,44,48)/t33-,34-,36-,39-,55?/m1/s1. The molecule has 0 bridgehead atoms. The van der Waals surface area contributed by atoms with Crippen LogP contribution in [0.15, 0.2) is 96.3 Å². The van der Waals surface area contributed by atoms with Gasteiger partial charge in [0.25, 0.3) is 14.1 Å². The summed E-state index contributed by atoms with van der Waals surface area (Å²) in [6, 6.07) is 27.0. The van der Waals surface area contributed by atoms with Gasteiger partial charge in [-0.1, -0.05) is 54.6 Å². The molecule has 55 heavy (non-hydrogen) atoms. The smallest absolute Gasteiger partial charge is 0.278 e. The Labute approximate surface area is 320 Å². The lowest BCUT2D eigenvalue weighted by Gasteiger charge is -2.39. The van der Waals surface area contributed by atoms with Crippen molar-refractivity contribution in [2.75, 3.05) is 27.4 Å². The fourth-order valence-electron chi connectivity index (χ4n) is 6.91. The summed E-state index contributed by atoms with van der Waals surface area (Å²) < 4.78 is 58.3. The number of alkyl halides is 1. The Morgan fingerprint density at radius 2 is 1.55 bits per heavy atom. The van der Waals surface area contributed by atoms with Crippen molar-refractivity contribution < 1.29 is 32.4 Å². The summed E-state index contributed by atoms with van der Waals surface area (Å²) in [4.78, 5) is 23.6. The number of aromatic amines is 1. The van der Waals surface area contributed by atoms with E-state index in [1.807, 2.05) is 111 Å². The Hall–Kier alpha value is -4.74. The first-order valence-corrected chi connectivity index (χ1v) is 19.2. The highest BCUT2D eigenvalue weighted by molar-refractivity contribution is 7.44. The number of nitrogens with zero attached hydrogens (tertiary/aromatic N) is 5. The van der Waals surface area contributed by atoms with E-state index < -0.39 is 44.3 Å². The fourth-order valence-corrected chi connectivity index (χ4v) is 8.67. The number of H-pyrrole nitrogens is 1. The molecule has 3 aromatic carbocycles. The molecule has 5 atom stereocenters. The maximum atomic E-state index is 17.3. The zero-order chi connectivity index (χ0) is 39.1. The van der Waals surface area contributed by atoms with Gasteiger partial charge in [0.15, 0.2) is 23.6 Å². The largest absolute Gasteiger partial charge is 0.497 e. The van der Waals surface area contributed by atoms with E-state index in [2.05, 4.69) is 21.0 Å². The van der Waals surface area contributed by atoms with Crippen LogP contribution < -0.4 is 15.0 Å². The van der Waals surface area contributed by atoms with Crippen LogP contribution in [-0.2, 0) is 24.1 Å². The van der Waals surface area contributed by atoms with Crippen molar-refractivity contribution in [3.05, 3.63) is 119 Å². The quantitative estimate of drug-likeness (QED) is 0.0590. The van der Waals surface area contributed by atoms with Crippen LogP contribution in [0.5, 0.6) is 11.5 Å². The number of hydrogen-bond acceptors (Lipinski definition) is 11. The lowest BCUT2D eigenvalue weighted by atomic mass is 9.80. The van der Waals surface area contributed by atoms with Crippen LogP contribution in [0.25, 0.3) is 11.2 Å². The maximum absolute atomic E-state index is 17.3. The molecule has 15 heteroatoms. The zero-order valence-corrected chi connectivity index (χ0v) is 32.6. The molecule has 1 fully saturated rings. The SMILES string of the molecule is COc1ccc(C(OC[C@H]2O[C@@H](n3cnc4c(=O)[nH]cnc43)[C@H](F)[C@@H]2OP(OCCC#N)N(C(C)C)C(C)C)(c2ccccc2)c2ccc(OC)cc2)cc1. The summed E-state index contributed by atoms with van der Waals surface area (Å²) in [5, 5.41) is 9.31. The number of aromatic nitrogens is 4. The average Bonchev–Trinajstić information content (AvgIpc) is 3.76. The number of ether oxygens (including phenoxy) is 4. The summed E-state index contributed by atoms with van der Waals surface area (Å²) in [5.41, 5.74) is 0.886. The minimum atomic E-state index is -1.89. The first kappa shape index (κ1) is 39.9. The molecule has 1 aliphatic heterocycles. The van der Waals surface area contributed by atoms with E-state index in [0.717, 1.165) is 16.7 Å². The highest BCUT2D eigenvalue weighted by atomic mass is 31.2. The van der Waals surface area contributed by atoms with E-state index in [1.54, 1.807) is 14.2 Å². The van der Waals surface area contributed by atoms with Gasteiger partial charge in [-0.15, -0.1) is 0 Å². The normalized spacial score (nSPS) is 19.3. The molecular formula is C40H46FN6O7P. The summed E-state index contributed by atoms with van der Waals surface area (Å²) in [7, 11) is 1.32. The summed E-state index contributed by atoms with van der Waals surface area (Å²) in [6.07, 6.45) is -2.59. The molecule has 5 aromatic rings. The zero-order valence-electron chi connectivity index (χ0n) is 31.7. The highest BCUT2D eigenvalue weighted by Gasteiger charge is 2.51. The van der Waals surface area contributed by atoms with Crippen LogP contribution in [0.2, 0.25) is 0 Å². The fraction of sp³-hybridized carbons (Fsp3) is 0.400. The van der Waals surface area contributed by atoms with Gasteiger partial charge in [-0.2, -0.15) is 5.26 Å². The minimum absolute atomic E-state index is 0.0385. The number of benzene rings is 3. The predicted octanol–water partition coefficient (Wildman–Crippen LogP) is 7.04. The van der Waals surface area contributed by atoms with Crippen LogP contribution in [0, 0.1) is 11.3 Å². The van der Waals surface area contributed by atoms with E-state index in [0.29, 0.717) is 11.5 Å². The number of rotatable bonds is 17. The van der Waals surface area contributed by atoms with Gasteiger partial charge in [-0.05, 0) is 68.7 Å². The molecule has 1 N–H and O–H groups in total. The molecule has 1 saturated heterocycles. The molecular weight excluding hydrogens is 726 g/mol. The van der Waals surface area contributed by atoms with Crippen molar-refractivity contribution in [3.63, 3.8) is 0 Å². The number of nitrogens with one attached hydrogen (secondary N) is 1. The van der Waals surface area contributed by atoms with Crippen LogP contribution in [0.1, 0.15) is 57.0 Å². The Morgan fingerprint density at radius 3 is 2.11 bits per heavy atom. The minimum Gasteiger partial charge on any atom is -0.497 e. The molecule has 2 aromatic heterocycles. The van der Waals surface area contributed by atoms with Gasteiger partial charge < -0.3 is 33.0 Å². The van der Waals surface area contributed by atoms with Gasteiger partial charge >= 0.3 is 0 Å². The number of hydrogen-bond donors (Lipinski definition) is 1. The first-order chi connectivity index (χ1) is 26.6. The van der Waals surface area contributed by atoms with Crippen molar-refractivity contribution in [3.8, 4) is 17.6 Å². The monoisotopic (exact) mass is 772 g/mol. The van der Waals surface area contributed by atoms with Crippen molar-refractivity contribution >= 4 is 19.7 Å². The molecule has 0 spiro atoms. The summed E-state index contributed by atoms with van der Waals surface area (Å²) >= 11 is 0. The molecule has 1 aliphatic rings. The lowest BCUT2D eigenvalue weighted by Crippen LogP contribution is -2.41. The Kier molecular flexibility index (Phi) is 12.9. The summed E-state index contributed by atoms with van der Waals surface area (Å²) in [5.74, 6) is 1.33. The third-order valence-corrected chi connectivity index (χ3v) is 11.5. The van der Waals surface area contributed by atoms with Crippen LogP contribution in [0.3, 0.4) is 0 Å². The van der Waals surface area contributed by atoms with Crippen LogP contribution >= 0.6 is 8.53 Å². The second-order valence-corrected chi connectivity index (χ2v) is 14.9. The molecule has 13 nitrogen and oxygen atoms in total. The summed E-state index contributed by atoms with van der Waals surface area (Å²) in [6.45, 7) is 7.97. The second-order valence-electron chi connectivity index (χ2n) is 13.5. The van der Waals surface area contributed by atoms with Gasteiger partial charge in [0.2, 0.25) is 0 Å². The van der Waals surface area contributed by atoms with Gasteiger partial charge in [0.05, 0.1) is 52.6 Å². The Morgan fingerprint density at radius 1 is 0.945 bits per heavy atom.